The Labute approximate surface area is 122 Å². The van der Waals surface area contributed by atoms with E-state index in [0.29, 0.717) is 6.42 Å². The molecule has 0 unspecified atom stereocenters. The van der Waals surface area contributed by atoms with Gasteiger partial charge in [0.05, 0.1) is 17.7 Å². The third-order valence-electron chi connectivity index (χ3n) is 2.67. The van der Waals surface area contributed by atoms with Gasteiger partial charge in [-0.15, -0.1) is 0 Å². The number of hydrogen-bond acceptors (Lipinski definition) is 3. The summed E-state index contributed by atoms with van der Waals surface area (Å²) in [6, 6.07) is 2.70. The Morgan fingerprint density at radius 3 is 2.55 bits per heavy atom. The van der Waals surface area contributed by atoms with Crippen LogP contribution in [-0.4, -0.2) is 25.0 Å². The van der Waals surface area contributed by atoms with Gasteiger partial charge in [-0.2, -0.15) is 0 Å². The number of ether oxygens (including phenoxy) is 1. The molecule has 1 amide bonds. The first kappa shape index (κ1) is 16.4. The molecule has 0 heterocycles. The fourth-order valence-electron chi connectivity index (χ4n) is 1.74. The smallest absolute Gasteiger partial charge is 0.328 e. The Hall–Kier alpha value is -1.62. The summed E-state index contributed by atoms with van der Waals surface area (Å²) < 4.78 is 17.6. The van der Waals surface area contributed by atoms with Crippen molar-refractivity contribution in [1.82, 2.24) is 5.32 Å². The minimum atomic E-state index is -0.756. The molecule has 1 atom stereocenters. The van der Waals surface area contributed by atoms with E-state index in [1.165, 1.54) is 13.2 Å². The molecule has 0 bridgehead atoms. The summed E-state index contributed by atoms with van der Waals surface area (Å²) in [7, 11) is 1.26. The number of benzene rings is 1. The van der Waals surface area contributed by atoms with E-state index in [2.05, 4.69) is 10.1 Å². The van der Waals surface area contributed by atoms with E-state index in [1.807, 2.05) is 13.8 Å². The third-order valence-corrected chi connectivity index (χ3v) is 2.99. The zero-order chi connectivity index (χ0) is 15.3. The van der Waals surface area contributed by atoms with E-state index >= 15 is 0 Å². The zero-order valence-corrected chi connectivity index (χ0v) is 12.3. The number of halogens is 2. The predicted molar refractivity (Wildman–Crippen MR) is 74.1 cm³/mol. The summed E-state index contributed by atoms with van der Waals surface area (Å²) in [5.41, 5.74) is 0.116. The molecule has 1 rings (SSSR count). The quantitative estimate of drug-likeness (QED) is 0.851. The summed E-state index contributed by atoms with van der Waals surface area (Å²) in [5.74, 6) is -1.39. The molecule has 0 saturated heterocycles. The van der Waals surface area contributed by atoms with Gasteiger partial charge < -0.3 is 10.1 Å². The molecular formula is C14H17ClFNO3. The lowest BCUT2D eigenvalue weighted by Crippen LogP contribution is -2.42. The van der Waals surface area contributed by atoms with E-state index in [0.717, 1.165) is 12.1 Å². The number of carbonyl (C=O) groups is 2. The molecule has 0 saturated carbocycles. The van der Waals surface area contributed by atoms with Crippen LogP contribution < -0.4 is 5.32 Å². The Bertz CT molecular complexity index is 505. The van der Waals surface area contributed by atoms with Gasteiger partial charge in [0.2, 0.25) is 0 Å². The Morgan fingerprint density at radius 2 is 2.05 bits per heavy atom. The average Bonchev–Trinajstić information content (AvgIpc) is 2.36. The summed E-state index contributed by atoms with van der Waals surface area (Å²) in [6.07, 6.45) is 0.442. The van der Waals surface area contributed by atoms with Crippen molar-refractivity contribution in [2.24, 2.45) is 5.92 Å². The van der Waals surface area contributed by atoms with E-state index in [4.69, 9.17) is 11.6 Å². The number of rotatable bonds is 5. The molecule has 6 heteroatoms. The van der Waals surface area contributed by atoms with Crippen molar-refractivity contribution in [3.63, 3.8) is 0 Å². The number of esters is 1. The maximum absolute atomic E-state index is 12.9. The summed E-state index contributed by atoms with van der Waals surface area (Å²) in [6.45, 7) is 3.85. The SMILES string of the molecule is COC(=O)[C@@H](CC(C)C)NC(=O)c1ccc(F)cc1Cl. The molecule has 1 aromatic carbocycles. The lowest BCUT2D eigenvalue weighted by molar-refractivity contribution is -0.143. The lowest BCUT2D eigenvalue weighted by atomic mass is 10.0. The second-order valence-electron chi connectivity index (χ2n) is 4.80. The van der Waals surface area contributed by atoms with Crippen molar-refractivity contribution < 1.29 is 18.7 Å². The molecule has 0 aromatic heterocycles. The van der Waals surface area contributed by atoms with Crippen molar-refractivity contribution in [1.29, 1.82) is 0 Å². The highest BCUT2D eigenvalue weighted by Gasteiger charge is 2.24. The molecule has 0 radical (unpaired) electrons. The number of amides is 1. The maximum Gasteiger partial charge on any atom is 0.328 e. The van der Waals surface area contributed by atoms with Gasteiger partial charge in [0.25, 0.3) is 5.91 Å². The first-order chi connectivity index (χ1) is 9.35. The second kappa shape index (κ2) is 7.24. The second-order valence-corrected chi connectivity index (χ2v) is 5.21. The van der Waals surface area contributed by atoms with E-state index < -0.39 is 23.7 Å². The molecule has 4 nitrogen and oxygen atoms in total. The highest BCUT2D eigenvalue weighted by atomic mass is 35.5. The zero-order valence-electron chi connectivity index (χ0n) is 11.6. The average molecular weight is 302 g/mol. The van der Waals surface area contributed by atoms with Crippen LogP contribution in [0.4, 0.5) is 4.39 Å². The fraction of sp³-hybridized carbons (Fsp3) is 0.429. The van der Waals surface area contributed by atoms with Crippen LogP contribution in [0.1, 0.15) is 30.6 Å². The first-order valence-electron chi connectivity index (χ1n) is 6.19. The maximum atomic E-state index is 12.9. The molecule has 0 aliphatic heterocycles. The molecule has 0 aliphatic rings. The minimum absolute atomic E-state index is 0.00402. The highest BCUT2D eigenvalue weighted by molar-refractivity contribution is 6.33. The number of carbonyl (C=O) groups excluding carboxylic acids is 2. The van der Waals surface area contributed by atoms with Gasteiger partial charge in [0.1, 0.15) is 11.9 Å². The summed E-state index contributed by atoms with van der Waals surface area (Å²) >= 11 is 5.81. The van der Waals surface area contributed by atoms with E-state index in [1.54, 1.807) is 0 Å². The van der Waals surface area contributed by atoms with Crippen LogP contribution in [0, 0.1) is 11.7 Å². The summed E-state index contributed by atoms with van der Waals surface area (Å²) in [4.78, 5) is 23.7. The Balaban J connectivity index is 2.87. The van der Waals surface area contributed by atoms with Gasteiger partial charge in [-0.25, -0.2) is 9.18 Å². The largest absolute Gasteiger partial charge is 0.467 e. The van der Waals surface area contributed by atoms with Gasteiger partial charge in [-0.05, 0) is 30.5 Å². The minimum Gasteiger partial charge on any atom is -0.467 e. The van der Waals surface area contributed by atoms with Gasteiger partial charge in [0.15, 0.2) is 0 Å². The van der Waals surface area contributed by atoms with Gasteiger partial charge in [0, 0.05) is 0 Å². The van der Waals surface area contributed by atoms with Crippen molar-refractivity contribution >= 4 is 23.5 Å². The van der Waals surface area contributed by atoms with Gasteiger partial charge in [-0.1, -0.05) is 25.4 Å². The van der Waals surface area contributed by atoms with Crippen LogP contribution >= 0.6 is 11.6 Å². The molecular weight excluding hydrogens is 285 g/mol. The van der Waals surface area contributed by atoms with Crippen LogP contribution in [-0.2, 0) is 9.53 Å². The van der Waals surface area contributed by atoms with Crippen LogP contribution in [0.15, 0.2) is 18.2 Å². The molecule has 0 spiro atoms. The highest BCUT2D eigenvalue weighted by Crippen LogP contribution is 2.17. The fourth-order valence-corrected chi connectivity index (χ4v) is 1.99. The van der Waals surface area contributed by atoms with Crippen molar-refractivity contribution in [3.8, 4) is 0 Å². The third kappa shape index (κ3) is 4.49. The van der Waals surface area contributed by atoms with Crippen molar-refractivity contribution in [3.05, 3.63) is 34.6 Å². The van der Waals surface area contributed by atoms with Gasteiger partial charge in [-0.3, -0.25) is 4.79 Å². The van der Waals surface area contributed by atoms with Gasteiger partial charge >= 0.3 is 5.97 Å². The topological polar surface area (TPSA) is 55.4 Å². The molecule has 20 heavy (non-hydrogen) atoms. The van der Waals surface area contributed by atoms with E-state index in [-0.39, 0.29) is 16.5 Å². The molecule has 0 fully saturated rings. The standard InChI is InChI=1S/C14H17ClFNO3/c1-8(2)6-12(14(19)20-3)17-13(18)10-5-4-9(16)7-11(10)15/h4-5,7-8,12H,6H2,1-3H3,(H,17,18)/t12-/m1/s1. The van der Waals surface area contributed by atoms with Crippen molar-refractivity contribution in [2.75, 3.05) is 7.11 Å². The molecule has 0 aliphatic carbocycles. The van der Waals surface area contributed by atoms with E-state index in [9.17, 15) is 14.0 Å². The Morgan fingerprint density at radius 1 is 1.40 bits per heavy atom. The first-order valence-corrected chi connectivity index (χ1v) is 6.56. The van der Waals surface area contributed by atoms with Crippen LogP contribution in [0.25, 0.3) is 0 Å². The number of methoxy groups -OCH3 is 1. The van der Waals surface area contributed by atoms with Crippen LogP contribution in [0.5, 0.6) is 0 Å². The van der Waals surface area contributed by atoms with Crippen LogP contribution in [0.3, 0.4) is 0 Å². The summed E-state index contributed by atoms with van der Waals surface area (Å²) in [5, 5.41) is 2.55. The molecule has 1 aromatic rings. The molecule has 110 valence electrons. The predicted octanol–water partition coefficient (Wildman–Crippen LogP) is 2.80. The van der Waals surface area contributed by atoms with Crippen LogP contribution in [0.2, 0.25) is 5.02 Å². The lowest BCUT2D eigenvalue weighted by Gasteiger charge is -2.18. The Kier molecular flexibility index (Phi) is 5.95. The number of hydrogen-bond donors (Lipinski definition) is 1. The van der Waals surface area contributed by atoms with Crippen molar-refractivity contribution in [2.45, 2.75) is 26.3 Å². The number of nitrogens with one attached hydrogen (secondary N) is 1. The molecule has 1 N–H and O–H groups in total. The monoisotopic (exact) mass is 301 g/mol. The normalized spacial score (nSPS) is 12.1.